The van der Waals surface area contributed by atoms with Crippen molar-refractivity contribution in [2.45, 2.75) is 32.2 Å². The molecule has 0 bridgehead atoms. The molecule has 6 nitrogen and oxygen atoms in total. The molecule has 2 N–H and O–H groups in total. The number of nitrogens with zero attached hydrogens (tertiary/aromatic N) is 1. The first-order valence-corrected chi connectivity index (χ1v) is 11.5. The van der Waals surface area contributed by atoms with Gasteiger partial charge in [-0.3, -0.25) is 9.59 Å². The normalized spacial score (nSPS) is 11.3. The second-order valence-corrected chi connectivity index (χ2v) is 8.38. The number of unbranched alkanes of at least 4 members (excludes halogenated alkanes) is 2. The number of hydrogen-bond acceptors (Lipinski definition) is 4. The van der Waals surface area contributed by atoms with Crippen LogP contribution >= 0.6 is 0 Å². The Balaban J connectivity index is 1.66. The molecule has 1 amide bonds. The molecule has 6 heteroatoms. The Kier molecular flexibility index (Phi) is 9.09. The Hall–Kier alpha value is -3.80. The maximum absolute atomic E-state index is 13.0. The first-order chi connectivity index (χ1) is 16.4. The van der Waals surface area contributed by atoms with E-state index in [4.69, 9.17) is 9.84 Å². The number of nitrogens with one attached hydrogen (secondary N) is 1. The highest BCUT2D eigenvalue weighted by atomic mass is 16.5. The zero-order chi connectivity index (χ0) is 24.3. The van der Waals surface area contributed by atoms with Crippen molar-refractivity contribution in [3.05, 3.63) is 83.9 Å². The number of carbonyl (C=O) groups excluding carboxylic acids is 1. The van der Waals surface area contributed by atoms with Crippen LogP contribution in [0.3, 0.4) is 0 Å². The fourth-order valence-corrected chi connectivity index (χ4v) is 3.60. The Morgan fingerprint density at radius 1 is 0.971 bits per heavy atom. The summed E-state index contributed by atoms with van der Waals surface area (Å²) >= 11 is 0. The van der Waals surface area contributed by atoms with Crippen molar-refractivity contribution >= 4 is 28.3 Å². The summed E-state index contributed by atoms with van der Waals surface area (Å²) in [6.45, 7) is 0.551. The highest BCUT2D eigenvalue weighted by Crippen LogP contribution is 2.25. The SMILES string of the molecule is CN(C)c1ccc(CNC(=O)C(=CCCCCC(=O)O)COc2cccc3ccccc23)cc1. The molecule has 178 valence electrons. The van der Waals surface area contributed by atoms with Crippen molar-refractivity contribution in [3.8, 4) is 5.75 Å². The number of aliphatic carboxylic acids is 1. The maximum Gasteiger partial charge on any atom is 0.303 e. The molecule has 0 aliphatic rings. The van der Waals surface area contributed by atoms with Gasteiger partial charge in [0.1, 0.15) is 12.4 Å². The van der Waals surface area contributed by atoms with E-state index in [0.717, 1.165) is 27.8 Å². The lowest BCUT2D eigenvalue weighted by molar-refractivity contribution is -0.137. The van der Waals surface area contributed by atoms with E-state index in [1.165, 1.54) is 0 Å². The van der Waals surface area contributed by atoms with E-state index in [1.54, 1.807) is 0 Å². The standard InChI is InChI=1S/C28H32N2O4/c1-30(2)24-17-15-21(16-18-24)19-29-28(33)23(10-4-3-5-14-27(31)32)20-34-26-13-8-11-22-9-6-7-12-25(22)26/h6-13,15-18H,3-5,14,19-20H2,1-2H3,(H,29,33)(H,31,32). The van der Waals surface area contributed by atoms with Gasteiger partial charge in [-0.1, -0.05) is 54.6 Å². The van der Waals surface area contributed by atoms with Crippen LogP contribution in [0.15, 0.2) is 78.4 Å². The second kappa shape index (κ2) is 12.4. The number of amides is 1. The Morgan fingerprint density at radius 2 is 1.71 bits per heavy atom. The smallest absolute Gasteiger partial charge is 0.303 e. The van der Waals surface area contributed by atoms with E-state index in [9.17, 15) is 9.59 Å². The summed E-state index contributed by atoms with van der Waals surface area (Å²) in [5, 5.41) is 13.9. The van der Waals surface area contributed by atoms with Crippen LogP contribution < -0.4 is 15.0 Å². The monoisotopic (exact) mass is 460 g/mol. The zero-order valence-electron chi connectivity index (χ0n) is 19.8. The Bertz CT molecular complexity index is 1130. The molecular formula is C28H32N2O4. The van der Waals surface area contributed by atoms with Crippen molar-refractivity contribution in [3.63, 3.8) is 0 Å². The van der Waals surface area contributed by atoms with E-state index in [2.05, 4.69) is 5.32 Å². The maximum atomic E-state index is 13.0. The highest BCUT2D eigenvalue weighted by Gasteiger charge is 2.12. The first kappa shape index (κ1) is 24.8. The molecule has 0 aromatic heterocycles. The van der Waals surface area contributed by atoms with Crippen molar-refractivity contribution in [1.82, 2.24) is 5.32 Å². The van der Waals surface area contributed by atoms with E-state index in [-0.39, 0.29) is 18.9 Å². The summed E-state index contributed by atoms with van der Waals surface area (Å²) in [5.41, 5.74) is 2.64. The number of carboxylic acid groups (broad SMARTS) is 1. The van der Waals surface area contributed by atoms with Gasteiger partial charge in [-0.2, -0.15) is 0 Å². The molecule has 34 heavy (non-hydrogen) atoms. The van der Waals surface area contributed by atoms with Gasteiger partial charge in [-0.05, 0) is 48.4 Å². The fraction of sp³-hybridized carbons (Fsp3) is 0.286. The number of benzene rings is 3. The van der Waals surface area contributed by atoms with Crippen molar-refractivity contribution in [2.24, 2.45) is 0 Å². The minimum Gasteiger partial charge on any atom is -0.488 e. The van der Waals surface area contributed by atoms with Gasteiger partial charge < -0.3 is 20.1 Å². The van der Waals surface area contributed by atoms with Gasteiger partial charge in [0.2, 0.25) is 0 Å². The van der Waals surface area contributed by atoms with Crippen LogP contribution in [0.4, 0.5) is 5.69 Å². The quantitative estimate of drug-likeness (QED) is 0.288. The van der Waals surface area contributed by atoms with Gasteiger partial charge in [0.25, 0.3) is 5.91 Å². The number of hydrogen-bond donors (Lipinski definition) is 2. The van der Waals surface area contributed by atoms with Crippen molar-refractivity contribution < 1.29 is 19.4 Å². The van der Waals surface area contributed by atoms with Crippen LogP contribution in [0.1, 0.15) is 31.2 Å². The van der Waals surface area contributed by atoms with E-state index >= 15 is 0 Å². The molecule has 0 fully saturated rings. The average Bonchev–Trinajstić information content (AvgIpc) is 2.84. The predicted molar refractivity (Wildman–Crippen MR) is 136 cm³/mol. The number of rotatable bonds is 12. The van der Waals surface area contributed by atoms with Crippen molar-refractivity contribution in [1.29, 1.82) is 0 Å². The number of anilines is 1. The summed E-state index contributed by atoms with van der Waals surface area (Å²) in [7, 11) is 3.97. The van der Waals surface area contributed by atoms with Gasteiger partial charge in [0.05, 0.1) is 5.57 Å². The van der Waals surface area contributed by atoms with Crippen LogP contribution in [-0.2, 0) is 16.1 Å². The van der Waals surface area contributed by atoms with E-state index < -0.39 is 5.97 Å². The third-order valence-electron chi connectivity index (χ3n) is 5.57. The van der Waals surface area contributed by atoms with Gasteiger partial charge in [-0.15, -0.1) is 0 Å². The molecule has 0 saturated heterocycles. The van der Waals surface area contributed by atoms with Crippen LogP contribution in [0, 0.1) is 0 Å². The second-order valence-electron chi connectivity index (χ2n) is 8.38. The van der Waals surface area contributed by atoms with Gasteiger partial charge in [0.15, 0.2) is 0 Å². The fourth-order valence-electron chi connectivity index (χ4n) is 3.60. The first-order valence-electron chi connectivity index (χ1n) is 11.5. The molecule has 0 radical (unpaired) electrons. The topological polar surface area (TPSA) is 78.9 Å². The Morgan fingerprint density at radius 3 is 2.44 bits per heavy atom. The lowest BCUT2D eigenvalue weighted by Gasteiger charge is -2.14. The highest BCUT2D eigenvalue weighted by molar-refractivity contribution is 5.94. The molecule has 0 saturated carbocycles. The summed E-state index contributed by atoms with van der Waals surface area (Å²) < 4.78 is 6.06. The largest absolute Gasteiger partial charge is 0.488 e. The number of fused-ring (bicyclic) bond motifs is 1. The van der Waals surface area contributed by atoms with Crippen LogP contribution in [0.5, 0.6) is 5.75 Å². The summed E-state index contributed by atoms with van der Waals surface area (Å²) in [4.78, 5) is 25.8. The molecule has 3 aromatic carbocycles. The minimum absolute atomic E-state index is 0.130. The number of ether oxygens (including phenoxy) is 1. The summed E-state index contributed by atoms with van der Waals surface area (Å²) in [6.07, 6.45) is 3.88. The lowest BCUT2D eigenvalue weighted by Crippen LogP contribution is -2.27. The molecule has 3 aromatic rings. The third-order valence-corrected chi connectivity index (χ3v) is 5.57. The van der Waals surface area contributed by atoms with Crippen LogP contribution in [0.25, 0.3) is 10.8 Å². The van der Waals surface area contributed by atoms with Crippen molar-refractivity contribution in [2.75, 3.05) is 25.6 Å². The van der Waals surface area contributed by atoms with Gasteiger partial charge >= 0.3 is 5.97 Å². The van der Waals surface area contributed by atoms with Crippen LogP contribution in [-0.4, -0.2) is 37.7 Å². The molecule has 3 rings (SSSR count). The van der Waals surface area contributed by atoms with Crippen LogP contribution in [0.2, 0.25) is 0 Å². The molecule has 0 unspecified atom stereocenters. The molecule has 0 heterocycles. The predicted octanol–water partition coefficient (Wildman–Crippen LogP) is 5.17. The molecule has 0 atom stereocenters. The third kappa shape index (κ3) is 7.37. The van der Waals surface area contributed by atoms with E-state index in [1.807, 2.05) is 91.8 Å². The zero-order valence-corrected chi connectivity index (χ0v) is 19.8. The number of allylic oxidation sites excluding steroid dienone is 1. The van der Waals surface area contributed by atoms with E-state index in [0.29, 0.717) is 31.4 Å². The molecule has 0 spiro atoms. The lowest BCUT2D eigenvalue weighted by atomic mass is 10.1. The Labute approximate surface area is 200 Å². The number of carbonyl (C=O) groups is 2. The van der Waals surface area contributed by atoms with Gasteiger partial charge in [0, 0.05) is 38.1 Å². The summed E-state index contributed by atoms with van der Waals surface area (Å²) in [5.74, 6) is -0.265. The minimum atomic E-state index is -0.804. The summed E-state index contributed by atoms with van der Waals surface area (Å²) in [6, 6.07) is 21.9. The molecule has 0 aliphatic heterocycles. The van der Waals surface area contributed by atoms with Gasteiger partial charge in [-0.25, -0.2) is 0 Å². The molecule has 0 aliphatic carbocycles. The number of carboxylic acids is 1. The molecular weight excluding hydrogens is 428 g/mol. The average molecular weight is 461 g/mol.